The number of hydrogen-bond acceptors (Lipinski definition) is 3. The van der Waals surface area contributed by atoms with Crippen molar-refractivity contribution < 1.29 is 9.21 Å². The smallest absolute Gasteiger partial charge is 0.315 e. The van der Waals surface area contributed by atoms with Crippen LogP contribution in [0.3, 0.4) is 0 Å². The van der Waals surface area contributed by atoms with Gasteiger partial charge in [-0.15, -0.1) is 11.3 Å². The quantitative estimate of drug-likeness (QED) is 0.459. The van der Waals surface area contributed by atoms with E-state index in [9.17, 15) is 4.79 Å². The summed E-state index contributed by atoms with van der Waals surface area (Å²) < 4.78 is 8.54. The molecule has 0 saturated heterocycles. The Hall–Kier alpha value is -2.44. The van der Waals surface area contributed by atoms with Crippen LogP contribution in [0.2, 0.25) is 0 Å². The van der Waals surface area contributed by atoms with E-state index < -0.39 is 0 Å². The summed E-state index contributed by atoms with van der Waals surface area (Å²) in [5, 5.41) is 2.87. The standard InChI is InChI=1S/C19H13BrN2O2S/c1-12-11-25-19(22(12)15-7-4-6-14(20)10-15)21-18(23)17-9-13-5-2-3-8-16(13)24-17/h2-11H,1H3. The second-order valence-corrected chi connectivity index (χ2v) is 7.29. The van der Waals surface area contributed by atoms with Crippen molar-refractivity contribution >= 4 is 44.1 Å². The topological polar surface area (TPSA) is 47.5 Å². The molecule has 0 aliphatic carbocycles. The maximum Gasteiger partial charge on any atom is 0.315 e. The van der Waals surface area contributed by atoms with Gasteiger partial charge in [0.1, 0.15) is 5.58 Å². The van der Waals surface area contributed by atoms with Crippen molar-refractivity contribution in [2.45, 2.75) is 6.92 Å². The third-order valence-electron chi connectivity index (χ3n) is 3.78. The lowest BCUT2D eigenvalue weighted by Crippen LogP contribution is -2.16. The van der Waals surface area contributed by atoms with Gasteiger partial charge in [-0.3, -0.25) is 9.36 Å². The van der Waals surface area contributed by atoms with E-state index in [-0.39, 0.29) is 11.7 Å². The number of carbonyl (C=O) groups excluding carboxylic acids is 1. The predicted molar refractivity (Wildman–Crippen MR) is 102 cm³/mol. The molecule has 0 bridgehead atoms. The number of aryl methyl sites for hydroxylation is 1. The molecule has 124 valence electrons. The number of benzene rings is 2. The van der Waals surface area contributed by atoms with Gasteiger partial charge in [-0.05, 0) is 37.3 Å². The molecular weight excluding hydrogens is 400 g/mol. The number of aromatic nitrogens is 1. The lowest BCUT2D eigenvalue weighted by atomic mass is 10.2. The molecule has 0 aliphatic heterocycles. The molecule has 2 heterocycles. The minimum Gasteiger partial charge on any atom is -0.451 e. The van der Waals surface area contributed by atoms with E-state index in [4.69, 9.17) is 4.42 Å². The largest absolute Gasteiger partial charge is 0.451 e. The second-order valence-electron chi connectivity index (χ2n) is 5.54. The average molecular weight is 413 g/mol. The summed E-state index contributed by atoms with van der Waals surface area (Å²) in [6, 6.07) is 17.1. The Labute approximate surface area is 156 Å². The van der Waals surface area contributed by atoms with Gasteiger partial charge < -0.3 is 4.42 Å². The third kappa shape index (κ3) is 3.10. The zero-order valence-corrected chi connectivity index (χ0v) is 15.7. The van der Waals surface area contributed by atoms with Crippen molar-refractivity contribution in [2.24, 2.45) is 4.99 Å². The fourth-order valence-electron chi connectivity index (χ4n) is 2.63. The first-order valence-electron chi connectivity index (χ1n) is 7.62. The second kappa shape index (κ2) is 6.46. The number of furan rings is 1. The van der Waals surface area contributed by atoms with Crippen LogP contribution >= 0.6 is 27.3 Å². The summed E-state index contributed by atoms with van der Waals surface area (Å²) in [6.07, 6.45) is 0. The van der Waals surface area contributed by atoms with Crippen LogP contribution in [0.5, 0.6) is 0 Å². The first kappa shape index (κ1) is 16.1. The summed E-state index contributed by atoms with van der Waals surface area (Å²) in [5.41, 5.74) is 2.65. The Balaban J connectivity index is 1.80. The van der Waals surface area contributed by atoms with E-state index in [0.29, 0.717) is 10.4 Å². The van der Waals surface area contributed by atoms with Gasteiger partial charge in [-0.25, -0.2) is 0 Å². The summed E-state index contributed by atoms with van der Waals surface area (Å²) in [6.45, 7) is 1.99. The van der Waals surface area contributed by atoms with E-state index in [1.807, 2.05) is 65.4 Å². The molecule has 1 amide bonds. The molecule has 2 aromatic heterocycles. The van der Waals surface area contributed by atoms with E-state index in [1.165, 1.54) is 11.3 Å². The lowest BCUT2D eigenvalue weighted by molar-refractivity contribution is 0.0974. The van der Waals surface area contributed by atoms with Crippen LogP contribution in [0.15, 0.2) is 73.9 Å². The Kier molecular flexibility index (Phi) is 4.15. The van der Waals surface area contributed by atoms with E-state index >= 15 is 0 Å². The van der Waals surface area contributed by atoms with Crippen LogP contribution in [0.25, 0.3) is 16.7 Å². The number of carbonyl (C=O) groups is 1. The molecule has 0 radical (unpaired) electrons. The molecule has 0 unspecified atom stereocenters. The normalized spacial score (nSPS) is 12.0. The molecule has 4 aromatic rings. The number of thiazole rings is 1. The van der Waals surface area contributed by atoms with Gasteiger partial charge >= 0.3 is 5.91 Å². The number of hydrogen-bond donors (Lipinski definition) is 0. The van der Waals surface area contributed by atoms with E-state index in [1.54, 1.807) is 6.07 Å². The van der Waals surface area contributed by atoms with Crippen LogP contribution in [0.4, 0.5) is 0 Å². The molecule has 0 fully saturated rings. The van der Waals surface area contributed by atoms with Gasteiger partial charge in [0.15, 0.2) is 10.6 Å². The number of amides is 1. The van der Waals surface area contributed by atoms with E-state index in [0.717, 1.165) is 21.2 Å². The molecule has 4 rings (SSSR count). The first-order valence-corrected chi connectivity index (χ1v) is 9.30. The maximum absolute atomic E-state index is 12.6. The zero-order chi connectivity index (χ0) is 17.4. The monoisotopic (exact) mass is 412 g/mol. The minimum atomic E-state index is -0.387. The number of fused-ring (bicyclic) bond motifs is 1. The predicted octanol–water partition coefficient (Wildman–Crippen LogP) is 5.10. The molecule has 0 atom stereocenters. The maximum atomic E-state index is 12.6. The van der Waals surface area contributed by atoms with Crippen LogP contribution in [0.1, 0.15) is 16.2 Å². The molecule has 2 aromatic carbocycles. The highest BCUT2D eigenvalue weighted by Gasteiger charge is 2.13. The SMILES string of the molecule is Cc1csc(=NC(=O)c2cc3ccccc3o2)n1-c1cccc(Br)c1. The summed E-state index contributed by atoms with van der Waals surface area (Å²) in [4.78, 5) is 17.5. The Morgan fingerprint density at radius 3 is 2.80 bits per heavy atom. The number of nitrogens with zero attached hydrogens (tertiary/aromatic N) is 2. The van der Waals surface area contributed by atoms with Gasteiger partial charge in [0, 0.05) is 26.6 Å². The summed E-state index contributed by atoms with van der Waals surface area (Å²) in [7, 11) is 0. The first-order chi connectivity index (χ1) is 12.1. The van der Waals surface area contributed by atoms with Crippen LogP contribution in [-0.2, 0) is 0 Å². The Morgan fingerprint density at radius 1 is 1.16 bits per heavy atom. The fraction of sp³-hybridized carbons (Fsp3) is 0.0526. The van der Waals surface area contributed by atoms with Crippen LogP contribution in [-0.4, -0.2) is 10.5 Å². The number of para-hydroxylation sites is 1. The summed E-state index contributed by atoms with van der Waals surface area (Å²) in [5.74, 6) is -0.144. The molecule has 4 nitrogen and oxygen atoms in total. The van der Waals surface area contributed by atoms with Crippen LogP contribution < -0.4 is 4.80 Å². The average Bonchev–Trinajstić information content (AvgIpc) is 3.18. The summed E-state index contributed by atoms with van der Waals surface area (Å²) >= 11 is 4.91. The van der Waals surface area contributed by atoms with Crippen molar-refractivity contribution in [3.05, 3.63) is 80.7 Å². The Bertz CT molecular complexity index is 1120. The van der Waals surface area contributed by atoms with E-state index in [2.05, 4.69) is 20.9 Å². The molecule has 6 heteroatoms. The molecule has 0 saturated carbocycles. The zero-order valence-electron chi connectivity index (χ0n) is 13.3. The highest BCUT2D eigenvalue weighted by molar-refractivity contribution is 9.10. The Morgan fingerprint density at radius 2 is 2.00 bits per heavy atom. The molecule has 0 aliphatic rings. The van der Waals surface area contributed by atoms with Gasteiger partial charge in [-0.2, -0.15) is 4.99 Å². The molecule has 25 heavy (non-hydrogen) atoms. The number of rotatable bonds is 2. The van der Waals surface area contributed by atoms with Crippen molar-refractivity contribution in [3.8, 4) is 5.69 Å². The van der Waals surface area contributed by atoms with Gasteiger partial charge in [-0.1, -0.05) is 40.2 Å². The van der Waals surface area contributed by atoms with Gasteiger partial charge in [0.2, 0.25) is 0 Å². The third-order valence-corrected chi connectivity index (χ3v) is 5.22. The highest BCUT2D eigenvalue weighted by atomic mass is 79.9. The van der Waals surface area contributed by atoms with Crippen LogP contribution in [0, 0.1) is 6.92 Å². The highest BCUT2D eigenvalue weighted by Crippen LogP contribution is 2.20. The van der Waals surface area contributed by atoms with Crippen molar-refractivity contribution in [3.63, 3.8) is 0 Å². The lowest BCUT2D eigenvalue weighted by Gasteiger charge is -2.06. The minimum absolute atomic E-state index is 0.244. The van der Waals surface area contributed by atoms with Crippen molar-refractivity contribution in [1.82, 2.24) is 4.57 Å². The fourth-order valence-corrected chi connectivity index (χ4v) is 3.89. The van der Waals surface area contributed by atoms with Crippen molar-refractivity contribution in [1.29, 1.82) is 0 Å². The van der Waals surface area contributed by atoms with Gasteiger partial charge in [0.25, 0.3) is 0 Å². The molecular formula is C19H13BrN2O2S. The number of halogens is 1. The van der Waals surface area contributed by atoms with Crippen molar-refractivity contribution in [2.75, 3.05) is 0 Å². The molecule has 0 N–H and O–H groups in total. The molecule has 0 spiro atoms. The van der Waals surface area contributed by atoms with Gasteiger partial charge in [0.05, 0.1) is 0 Å².